The lowest BCUT2D eigenvalue weighted by molar-refractivity contribution is -0.138. The summed E-state index contributed by atoms with van der Waals surface area (Å²) in [5.41, 5.74) is 0.630. The number of benzene rings is 4. The van der Waals surface area contributed by atoms with Crippen molar-refractivity contribution in [3.05, 3.63) is 132 Å². The first kappa shape index (κ1) is 50.3. The third-order valence-corrected chi connectivity index (χ3v) is 9.20. The Hall–Kier alpha value is -7.69. The molecule has 0 spiro atoms. The molecule has 0 bridgehead atoms. The number of carbonyl (C=O) groups excluding carboxylic acids is 5. The van der Waals surface area contributed by atoms with E-state index in [1.54, 1.807) is 135 Å². The van der Waals surface area contributed by atoms with Gasteiger partial charge in [0.15, 0.2) is 11.9 Å². The summed E-state index contributed by atoms with van der Waals surface area (Å²) in [6.07, 6.45) is -1.89. The fourth-order valence-corrected chi connectivity index (χ4v) is 6.38. The number of aliphatic carboxylic acids is 1. The van der Waals surface area contributed by atoms with Gasteiger partial charge in [-0.05, 0) is 126 Å². The lowest BCUT2D eigenvalue weighted by atomic mass is 10.0. The van der Waals surface area contributed by atoms with Crippen molar-refractivity contribution < 1.29 is 52.8 Å². The average Bonchev–Trinajstić information content (AvgIpc) is 3.23. The van der Waals surface area contributed by atoms with Crippen LogP contribution in [-0.2, 0) is 48.2 Å². The molecule has 5 aromatic rings. The molecule has 0 aliphatic carbocycles. The van der Waals surface area contributed by atoms with Crippen molar-refractivity contribution in [2.24, 2.45) is 0 Å². The summed E-state index contributed by atoms with van der Waals surface area (Å²) >= 11 is 0. The molecule has 4 N–H and O–H groups in total. The van der Waals surface area contributed by atoms with Crippen LogP contribution in [0.2, 0.25) is 0 Å². The number of rotatable bonds is 14. The molecule has 1 unspecified atom stereocenters. The standard InChI is InChI=1S/C50H58N6O11/c1-48(2,3)65-45(61)55(30-40(57)53-37-17-13-16-34(26-37)28-52-44(60)64-31-33-14-11-10-12-15-33)29-32-18-20-35(21-19-32)41(43(58)59)54-38-22-23-39-36(27-38)24-25-51-42(39)56(46(62)66-49(4,5)6)47(63)67-50(7,8)9/h10-27,41,54H,28-31H2,1-9H3,(H,52,60)(H,53,57)(H,58,59). The number of alkyl carbamates (subject to hydrolysis) is 1. The summed E-state index contributed by atoms with van der Waals surface area (Å²) in [6.45, 7) is 15.0. The van der Waals surface area contributed by atoms with E-state index in [1.807, 2.05) is 30.3 Å². The van der Waals surface area contributed by atoms with E-state index in [2.05, 4.69) is 20.9 Å². The van der Waals surface area contributed by atoms with E-state index in [9.17, 15) is 33.9 Å². The number of carbonyl (C=O) groups is 6. The molecule has 17 heteroatoms. The minimum absolute atomic E-state index is 0.0338. The SMILES string of the molecule is CC(C)(C)OC(=O)N(CC(=O)Nc1cccc(CNC(=O)OCc2ccccc2)c1)Cc1ccc(C(Nc2ccc3c(N(C(=O)OC(C)(C)C)C(=O)OC(C)(C)C)nccc3c2)C(=O)O)cc1. The van der Waals surface area contributed by atoms with Crippen LogP contribution in [0, 0.1) is 0 Å². The molecule has 5 amide bonds. The summed E-state index contributed by atoms with van der Waals surface area (Å²) in [5.74, 6) is -1.72. The topological polar surface area (TPSA) is 215 Å². The Morgan fingerprint density at radius 2 is 1.27 bits per heavy atom. The van der Waals surface area contributed by atoms with Gasteiger partial charge in [-0.2, -0.15) is 4.90 Å². The van der Waals surface area contributed by atoms with Crippen molar-refractivity contribution in [3.8, 4) is 0 Å². The van der Waals surface area contributed by atoms with Gasteiger partial charge in [0.05, 0.1) is 0 Å². The summed E-state index contributed by atoms with van der Waals surface area (Å²) in [4.78, 5) is 84.9. The number of nitrogens with zero attached hydrogens (tertiary/aromatic N) is 3. The molecule has 0 radical (unpaired) electrons. The number of imide groups is 1. The maximum atomic E-state index is 13.4. The average molecular weight is 919 g/mol. The van der Waals surface area contributed by atoms with Gasteiger partial charge in [-0.15, -0.1) is 0 Å². The molecule has 1 heterocycles. The fourth-order valence-electron chi connectivity index (χ4n) is 6.38. The second-order valence-corrected chi connectivity index (χ2v) is 18.5. The number of pyridine rings is 1. The van der Waals surface area contributed by atoms with Crippen LogP contribution in [0.4, 0.5) is 36.4 Å². The Labute approximate surface area is 389 Å². The zero-order valence-electron chi connectivity index (χ0n) is 39.2. The number of carboxylic acid groups (broad SMARTS) is 1. The van der Waals surface area contributed by atoms with Crippen LogP contribution in [0.1, 0.15) is 90.6 Å². The molecule has 0 saturated carbocycles. The predicted octanol–water partition coefficient (Wildman–Crippen LogP) is 9.95. The van der Waals surface area contributed by atoms with Gasteiger partial charge in [0, 0.05) is 36.0 Å². The number of nitrogens with one attached hydrogen (secondary N) is 3. The Balaban J connectivity index is 1.28. The van der Waals surface area contributed by atoms with E-state index in [0.29, 0.717) is 38.8 Å². The van der Waals surface area contributed by atoms with E-state index in [-0.39, 0.29) is 32.1 Å². The van der Waals surface area contributed by atoms with Gasteiger partial charge in [-0.1, -0.05) is 66.7 Å². The normalized spacial score (nSPS) is 12.0. The highest BCUT2D eigenvalue weighted by Gasteiger charge is 2.35. The molecule has 17 nitrogen and oxygen atoms in total. The van der Waals surface area contributed by atoms with E-state index >= 15 is 0 Å². The van der Waals surface area contributed by atoms with Crippen LogP contribution in [-0.4, -0.2) is 74.6 Å². The molecule has 1 aromatic heterocycles. The smallest absolute Gasteiger partial charge is 0.425 e. The minimum atomic E-state index is -1.23. The van der Waals surface area contributed by atoms with Crippen molar-refractivity contribution >= 4 is 64.2 Å². The van der Waals surface area contributed by atoms with Gasteiger partial charge in [-0.3, -0.25) is 9.69 Å². The largest absolute Gasteiger partial charge is 0.479 e. The molecule has 0 aliphatic rings. The number of ether oxygens (including phenoxy) is 4. The predicted molar refractivity (Wildman–Crippen MR) is 252 cm³/mol. The van der Waals surface area contributed by atoms with E-state index in [1.165, 1.54) is 11.1 Å². The molecule has 1 atom stereocenters. The second kappa shape index (κ2) is 21.5. The molecule has 354 valence electrons. The zero-order valence-corrected chi connectivity index (χ0v) is 39.2. The van der Waals surface area contributed by atoms with Crippen molar-refractivity contribution in [2.75, 3.05) is 22.1 Å². The molecular weight excluding hydrogens is 861 g/mol. The number of hydrogen-bond acceptors (Lipinski definition) is 12. The monoisotopic (exact) mass is 918 g/mol. The van der Waals surface area contributed by atoms with Crippen molar-refractivity contribution in [1.29, 1.82) is 0 Å². The first-order valence-electron chi connectivity index (χ1n) is 21.5. The Morgan fingerprint density at radius 1 is 0.657 bits per heavy atom. The third kappa shape index (κ3) is 15.8. The molecule has 0 fully saturated rings. The lowest BCUT2D eigenvalue weighted by Gasteiger charge is -2.28. The fraction of sp³-hybridized carbons (Fsp3) is 0.340. The maximum Gasteiger partial charge on any atom is 0.425 e. The molecule has 0 aliphatic heterocycles. The quantitative estimate of drug-likeness (QED) is 0.0764. The van der Waals surface area contributed by atoms with Crippen molar-refractivity contribution in [2.45, 2.75) is 105 Å². The Kier molecular flexibility index (Phi) is 16.2. The minimum Gasteiger partial charge on any atom is -0.479 e. The summed E-state index contributed by atoms with van der Waals surface area (Å²) in [7, 11) is 0. The Bertz CT molecular complexity index is 2540. The first-order chi connectivity index (χ1) is 31.4. The van der Waals surface area contributed by atoms with Crippen LogP contribution < -0.4 is 20.9 Å². The van der Waals surface area contributed by atoms with E-state index in [4.69, 9.17) is 18.9 Å². The van der Waals surface area contributed by atoms with Gasteiger partial charge in [0.2, 0.25) is 5.91 Å². The number of amides is 5. The van der Waals surface area contributed by atoms with E-state index in [0.717, 1.165) is 10.5 Å². The lowest BCUT2D eigenvalue weighted by Crippen LogP contribution is -2.44. The first-order valence-corrected chi connectivity index (χ1v) is 21.5. The summed E-state index contributed by atoms with van der Waals surface area (Å²) in [6, 6.07) is 28.0. The van der Waals surface area contributed by atoms with E-state index < -0.39 is 59.1 Å². The number of hydrogen-bond donors (Lipinski definition) is 4. The molecule has 4 aromatic carbocycles. The van der Waals surface area contributed by atoms with Crippen LogP contribution in [0.3, 0.4) is 0 Å². The summed E-state index contributed by atoms with van der Waals surface area (Å²) < 4.78 is 22.0. The van der Waals surface area contributed by atoms with Crippen LogP contribution in [0.5, 0.6) is 0 Å². The van der Waals surface area contributed by atoms with Crippen molar-refractivity contribution in [1.82, 2.24) is 15.2 Å². The number of fused-ring (bicyclic) bond motifs is 1. The van der Waals surface area contributed by atoms with Crippen LogP contribution >= 0.6 is 0 Å². The number of carboxylic acids is 1. The highest BCUT2D eigenvalue weighted by atomic mass is 16.6. The molecular formula is C50H58N6O11. The molecule has 0 saturated heterocycles. The zero-order chi connectivity index (χ0) is 49.1. The number of anilines is 3. The summed E-state index contributed by atoms with van der Waals surface area (Å²) in [5, 5.41) is 19.8. The van der Waals surface area contributed by atoms with Gasteiger partial charge >= 0.3 is 30.3 Å². The van der Waals surface area contributed by atoms with Crippen molar-refractivity contribution in [3.63, 3.8) is 0 Å². The molecule has 67 heavy (non-hydrogen) atoms. The van der Waals surface area contributed by atoms with Crippen LogP contribution in [0.25, 0.3) is 10.8 Å². The van der Waals surface area contributed by atoms with Gasteiger partial charge in [-0.25, -0.2) is 29.0 Å². The second-order valence-electron chi connectivity index (χ2n) is 18.5. The highest BCUT2D eigenvalue weighted by Crippen LogP contribution is 2.31. The maximum absolute atomic E-state index is 13.4. The van der Waals surface area contributed by atoms with Gasteiger partial charge < -0.3 is 40.0 Å². The van der Waals surface area contributed by atoms with Gasteiger partial charge in [0.1, 0.15) is 30.0 Å². The number of aromatic nitrogens is 1. The van der Waals surface area contributed by atoms with Gasteiger partial charge in [0.25, 0.3) is 0 Å². The Morgan fingerprint density at radius 3 is 1.88 bits per heavy atom. The third-order valence-electron chi connectivity index (χ3n) is 9.20. The highest BCUT2D eigenvalue weighted by molar-refractivity contribution is 6.14. The molecule has 5 rings (SSSR count). The van der Waals surface area contributed by atoms with Crippen LogP contribution in [0.15, 0.2) is 109 Å².